The van der Waals surface area contributed by atoms with Gasteiger partial charge in [-0.3, -0.25) is 0 Å². The number of hydrogen-bond donors (Lipinski definition) is 1. The Hall–Kier alpha value is -1.90. The van der Waals surface area contributed by atoms with Crippen LogP contribution in [0, 0.1) is 0 Å². The third-order valence-electron chi connectivity index (χ3n) is 4.63. The number of nitrogen functional groups attached to an aromatic ring is 1. The first-order chi connectivity index (χ1) is 13.3. The SMILES string of the molecule is CCc1cc(N2CCCOC[C@H]2c2ccc(CS(C)(=O)=O)cc2Cl)nc(N)n1. The second kappa shape index (κ2) is 8.63. The number of nitrogens with two attached hydrogens (primary N) is 1. The van der Waals surface area contributed by atoms with Gasteiger partial charge in [-0.05, 0) is 30.0 Å². The van der Waals surface area contributed by atoms with Crippen molar-refractivity contribution in [2.45, 2.75) is 31.6 Å². The molecule has 0 radical (unpaired) electrons. The Balaban J connectivity index is 1.99. The molecule has 0 spiro atoms. The predicted molar refractivity (Wildman–Crippen MR) is 111 cm³/mol. The van der Waals surface area contributed by atoms with Crippen molar-refractivity contribution in [2.24, 2.45) is 0 Å². The largest absolute Gasteiger partial charge is 0.379 e. The minimum Gasteiger partial charge on any atom is -0.379 e. The number of hydrogen-bond acceptors (Lipinski definition) is 7. The minimum atomic E-state index is -3.13. The lowest BCUT2D eigenvalue weighted by Crippen LogP contribution is -2.32. The molecule has 0 unspecified atom stereocenters. The molecule has 1 saturated heterocycles. The zero-order valence-electron chi connectivity index (χ0n) is 16.1. The van der Waals surface area contributed by atoms with Gasteiger partial charge in [-0.15, -0.1) is 0 Å². The fourth-order valence-corrected chi connectivity index (χ4v) is 4.49. The van der Waals surface area contributed by atoms with Crippen molar-refractivity contribution in [3.63, 3.8) is 0 Å². The molecule has 1 fully saturated rings. The molecule has 1 aliphatic rings. The average molecular weight is 425 g/mol. The van der Waals surface area contributed by atoms with Crippen LogP contribution in [0.25, 0.3) is 0 Å². The number of aromatic nitrogens is 2. The van der Waals surface area contributed by atoms with Crippen LogP contribution >= 0.6 is 11.6 Å². The molecule has 1 aromatic carbocycles. The van der Waals surface area contributed by atoms with Crippen molar-refractivity contribution >= 4 is 33.2 Å². The van der Waals surface area contributed by atoms with Gasteiger partial charge in [0.05, 0.1) is 18.4 Å². The van der Waals surface area contributed by atoms with E-state index in [2.05, 4.69) is 14.9 Å². The molecule has 9 heteroatoms. The van der Waals surface area contributed by atoms with Crippen LogP contribution in [-0.4, -0.2) is 44.4 Å². The van der Waals surface area contributed by atoms with E-state index in [1.807, 2.05) is 19.1 Å². The highest BCUT2D eigenvalue weighted by Crippen LogP contribution is 2.34. The summed E-state index contributed by atoms with van der Waals surface area (Å²) in [5.74, 6) is 0.948. The predicted octanol–water partition coefficient (Wildman–Crippen LogP) is 2.79. The molecule has 1 aliphatic heterocycles. The number of nitrogens with zero attached hydrogens (tertiary/aromatic N) is 3. The molecule has 0 amide bonds. The highest BCUT2D eigenvalue weighted by atomic mass is 35.5. The van der Waals surface area contributed by atoms with E-state index in [9.17, 15) is 8.42 Å². The lowest BCUT2D eigenvalue weighted by Gasteiger charge is -2.31. The fourth-order valence-electron chi connectivity index (χ4n) is 3.37. The lowest BCUT2D eigenvalue weighted by molar-refractivity contribution is 0.134. The summed E-state index contributed by atoms with van der Waals surface area (Å²) in [4.78, 5) is 10.8. The van der Waals surface area contributed by atoms with Crippen LogP contribution < -0.4 is 10.6 Å². The molecule has 28 heavy (non-hydrogen) atoms. The van der Waals surface area contributed by atoms with Crippen LogP contribution in [0.15, 0.2) is 24.3 Å². The van der Waals surface area contributed by atoms with Crippen molar-refractivity contribution in [3.8, 4) is 0 Å². The summed E-state index contributed by atoms with van der Waals surface area (Å²) in [6.07, 6.45) is 2.82. The van der Waals surface area contributed by atoms with Gasteiger partial charge in [-0.1, -0.05) is 30.7 Å². The van der Waals surface area contributed by atoms with Gasteiger partial charge in [0.2, 0.25) is 5.95 Å². The Kier molecular flexibility index (Phi) is 6.42. The third-order valence-corrected chi connectivity index (χ3v) is 5.82. The molecular formula is C19H25ClN4O3S. The molecule has 1 aromatic heterocycles. The van der Waals surface area contributed by atoms with Crippen LogP contribution in [0.4, 0.5) is 11.8 Å². The maximum Gasteiger partial charge on any atom is 0.222 e. The highest BCUT2D eigenvalue weighted by Gasteiger charge is 2.27. The summed E-state index contributed by atoms with van der Waals surface area (Å²) in [6, 6.07) is 7.19. The summed E-state index contributed by atoms with van der Waals surface area (Å²) < 4.78 is 28.9. The van der Waals surface area contributed by atoms with Crippen LogP contribution in [0.2, 0.25) is 5.02 Å². The Morgan fingerprint density at radius 1 is 1.32 bits per heavy atom. The Bertz CT molecular complexity index is 952. The van der Waals surface area contributed by atoms with E-state index < -0.39 is 9.84 Å². The first-order valence-corrected chi connectivity index (χ1v) is 11.6. The lowest BCUT2D eigenvalue weighted by atomic mass is 10.0. The maximum absolute atomic E-state index is 11.6. The van der Waals surface area contributed by atoms with Crippen LogP contribution in [0.1, 0.15) is 36.2 Å². The van der Waals surface area contributed by atoms with E-state index >= 15 is 0 Å². The second-order valence-corrected chi connectivity index (χ2v) is 9.54. The molecule has 1 atom stereocenters. The van der Waals surface area contributed by atoms with E-state index in [1.165, 1.54) is 6.26 Å². The number of benzene rings is 1. The first kappa shape index (κ1) is 20.8. The van der Waals surface area contributed by atoms with E-state index in [0.29, 0.717) is 23.8 Å². The molecular weight excluding hydrogens is 400 g/mol. The van der Waals surface area contributed by atoms with Gasteiger partial charge < -0.3 is 15.4 Å². The molecule has 0 bridgehead atoms. The van der Waals surface area contributed by atoms with Gasteiger partial charge in [0.15, 0.2) is 9.84 Å². The number of aryl methyl sites for hydroxylation is 1. The van der Waals surface area contributed by atoms with Crippen LogP contribution in [0.5, 0.6) is 0 Å². The smallest absolute Gasteiger partial charge is 0.222 e. The van der Waals surface area contributed by atoms with Gasteiger partial charge in [0.1, 0.15) is 5.82 Å². The van der Waals surface area contributed by atoms with E-state index in [0.717, 1.165) is 36.5 Å². The van der Waals surface area contributed by atoms with E-state index in [1.54, 1.807) is 12.1 Å². The van der Waals surface area contributed by atoms with Crippen molar-refractivity contribution in [1.82, 2.24) is 9.97 Å². The van der Waals surface area contributed by atoms with Gasteiger partial charge in [0, 0.05) is 36.2 Å². The van der Waals surface area contributed by atoms with Crippen molar-refractivity contribution in [2.75, 3.05) is 36.6 Å². The van der Waals surface area contributed by atoms with Crippen molar-refractivity contribution < 1.29 is 13.2 Å². The molecule has 0 aliphatic carbocycles. The average Bonchev–Trinajstić information content (AvgIpc) is 2.86. The maximum atomic E-state index is 11.6. The Labute approximate surface area is 170 Å². The molecule has 2 aromatic rings. The van der Waals surface area contributed by atoms with E-state index in [4.69, 9.17) is 22.1 Å². The zero-order chi connectivity index (χ0) is 20.3. The summed E-state index contributed by atoms with van der Waals surface area (Å²) in [6.45, 7) is 3.87. The van der Waals surface area contributed by atoms with Crippen molar-refractivity contribution in [1.29, 1.82) is 0 Å². The number of halogens is 1. The molecule has 7 nitrogen and oxygen atoms in total. The van der Waals surface area contributed by atoms with Gasteiger partial charge in [-0.25, -0.2) is 13.4 Å². The molecule has 2 N–H and O–H groups in total. The topological polar surface area (TPSA) is 98.4 Å². The standard InChI is InChI=1S/C19H25ClN4O3S/c1-3-14-10-18(23-19(21)22-14)24-7-4-8-27-11-17(24)15-6-5-13(9-16(15)20)12-28(2,25)26/h5-6,9-10,17H,3-4,7-8,11-12H2,1-2H3,(H2,21,22,23)/t17-/m0/s1. The summed E-state index contributed by atoms with van der Waals surface area (Å²) in [7, 11) is -3.13. The Morgan fingerprint density at radius 2 is 2.11 bits per heavy atom. The number of anilines is 2. The summed E-state index contributed by atoms with van der Waals surface area (Å²) in [5, 5.41) is 0.513. The highest BCUT2D eigenvalue weighted by molar-refractivity contribution is 7.89. The van der Waals surface area contributed by atoms with Crippen molar-refractivity contribution in [3.05, 3.63) is 46.1 Å². The summed E-state index contributed by atoms with van der Waals surface area (Å²) >= 11 is 6.55. The number of sulfone groups is 1. The minimum absolute atomic E-state index is 0.0415. The van der Waals surface area contributed by atoms with Gasteiger partial charge >= 0.3 is 0 Å². The van der Waals surface area contributed by atoms with E-state index in [-0.39, 0.29) is 17.7 Å². The van der Waals surface area contributed by atoms with Gasteiger partial charge in [0.25, 0.3) is 0 Å². The monoisotopic (exact) mass is 424 g/mol. The zero-order valence-corrected chi connectivity index (χ0v) is 17.6. The van der Waals surface area contributed by atoms with Crippen LogP contribution in [-0.2, 0) is 26.7 Å². The molecule has 2 heterocycles. The third kappa shape index (κ3) is 5.12. The van der Waals surface area contributed by atoms with Crippen LogP contribution in [0.3, 0.4) is 0 Å². The quantitative estimate of drug-likeness (QED) is 0.787. The normalized spacial score (nSPS) is 18.1. The Morgan fingerprint density at radius 3 is 2.79 bits per heavy atom. The number of rotatable bonds is 5. The molecule has 3 rings (SSSR count). The first-order valence-electron chi connectivity index (χ1n) is 9.20. The second-order valence-electron chi connectivity index (χ2n) is 6.99. The molecule has 152 valence electrons. The van der Waals surface area contributed by atoms with Gasteiger partial charge in [-0.2, -0.15) is 4.98 Å². The fraction of sp³-hybridized carbons (Fsp3) is 0.474. The molecule has 0 saturated carbocycles. The summed E-state index contributed by atoms with van der Waals surface area (Å²) in [5.41, 5.74) is 8.32. The number of ether oxygens (including phenoxy) is 1.